The number of amides is 1. The molecule has 0 aliphatic carbocycles. The molecule has 0 saturated carbocycles. The van der Waals surface area contributed by atoms with E-state index in [9.17, 15) is 14.2 Å². The zero-order valence-electron chi connectivity index (χ0n) is 12.0. The summed E-state index contributed by atoms with van der Waals surface area (Å²) in [5.74, 6) is -0.613. The van der Waals surface area contributed by atoms with Crippen LogP contribution in [0.5, 0.6) is 0 Å². The lowest BCUT2D eigenvalue weighted by Crippen LogP contribution is -2.37. The van der Waals surface area contributed by atoms with Gasteiger partial charge < -0.3 is 14.0 Å². The van der Waals surface area contributed by atoms with Gasteiger partial charge in [0.1, 0.15) is 12.8 Å². The van der Waals surface area contributed by atoms with Gasteiger partial charge in [-0.25, -0.2) is 4.79 Å². The van der Waals surface area contributed by atoms with Crippen LogP contribution >= 0.6 is 7.37 Å². The maximum Gasteiger partial charge on any atom is 0.410 e. The normalized spacial score (nSPS) is 13.8. The maximum absolute atomic E-state index is 12.2. The van der Waals surface area contributed by atoms with E-state index in [1.54, 1.807) is 20.8 Å². The topological polar surface area (TPSA) is 82.1 Å². The summed E-state index contributed by atoms with van der Waals surface area (Å²) in [5.41, 5.74) is 0. The van der Waals surface area contributed by atoms with E-state index in [-0.39, 0.29) is 25.5 Å². The number of carbonyl (C=O) groups is 2. The molecule has 0 heterocycles. The molecule has 0 fully saturated rings. The lowest BCUT2D eigenvalue weighted by Gasteiger charge is -2.25. The van der Waals surface area contributed by atoms with Crippen molar-refractivity contribution < 1.29 is 28.2 Å². The summed E-state index contributed by atoms with van der Waals surface area (Å²) in [6.45, 7) is 6.38. The first-order valence-corrected chi connectivity index (χ1v) is 8.21. The molecule has 1 amide bonds. The Morgan fingerprint density at radius 1 is 1.32 bits per heavy atom. The predicted molar refractivity (Wildman–Crippen MR) is 70.4 cm³/mol. The first-order chi connectivity index (χ1) is 8.71. The highest BCUT2D eigenvalue weighted by molar-refractivity contribution is 7.58. The molecule has 1 atom stereocenters. The van der Waals surface area contributed by atoms with E-state index in [0.29, 0.717) is 0 Å². The van der Waals surface area contributed by atoms with Crippen molar-refractivity contribution in [3.8, 4) is 0 Å². The van der Waals surface area contributed by atoms with Crippen molar-refractivity contribution in [3.05, 3.63) is 0 Å². The largest absolute Gasteiger partial charge is 0.468 e. The van der Waals surface area contributed by atoms with Crippen molar-refractivity contribution in [1.29, 1.82) is 0 Å². The standard InChI is InChI=1S/C11H22NO6P/c1-6-17-11(14)12(7-10(13)16-4)8-19(5,15)18-9(2)3/h9H,6-8H2,1-5H3. The minimum atomic E-state index is -3.03. The van der Waals surface area contributed by atoms with E-state index >= 15 is 0 Å². The molecule has 0 saturated heterocycles. The molecular weight excluding hydrogens is 273 g/mol. The maximum atomic E-state index is 12.2. The second-order valence-electron chi connectivity index (χ2n) is 4.28. The van der Waals surface area contributed by atoms with Gasteiger partial charge in [0.05, 0.1) is 19.8 Å². The fourth-order valence-corrected chi connectivity index (χ4v) is 3.19. The van der Waals surface area contributed by atoms with Crippen LogP contribution in [0, 0.1) is 0 Å². The number of methoxy groups -OCH3 is 1. The van der Waals surface area contributed by atoms with Crippen LogP contribution in [0.3, 0.4) is 0 Å². The summed E-state index contributed by atoms with van der Waals surface area (Å²) in [6, 6.07) is 0. The van der Waals surface area contributed by atoms with Crippen molar-refractivity contribution in [3.63, 3.8) is 0 Å². The molecule has 0 bridgehead atoms. The number of carbonyl (C=O) groups excluding carboxylic acids is 2. The second kappa shape index (κ2) is 8.17. The van der Waals surface area contributed by atoms with Crippen LogP contribution in [0.25, 0.3) is 0 Å². The number of hydrogen-bond acceptors (Lipinski definition) is 6. The Morgan fingerprint density at radius 2 is 1.89 bits per heavy atom. The fourth-order valence-electron chi connectivity index (χ4n) is 1.40. The van der Waals surface area contributed by atoms with Gasteiger partial charge in [-0.05, 0) is 20.8 Å². The van der Waals surface area contributed by atoms with Gasteiger partial charge in [-0.1, -0.05) is 0 Å². The third-order valence-corrected chi connectivity index (χ3v) is 3.66. The zero-order valence-corrected chi connectivity index (χ0v) is 12.9. The van der Waals surface area contributed by atoms with E-state index in [1.165, 1.54) is 13.8 Å². The molecule has 19 heavy (non-hydrogen) atoms. The van der Waals surface area contributed by atoms with Crippen molar-refractivity contribution in [2.75, 3.05) is 33.2 Å². The smallest absolute Gasteiger partial charge is 0.410 e. The molecule has 0 radical (unpaired) electrons. The summed E-state index contributed by atoms with van der Waals surface area (Å²) in [6.07, 6.45) is -1.15. The number of hydrogen-bond donors (Lipinski definition) is 0. The Bertz CT molecular complexity index is 357. The van der Waals surface area contributed by atoms with Crippen LogP contribution in [0.1, 0.15) is 20.8 Å². The summed E-state index contributed by atoms with van der Waals surface area (Å²) in [4.78, 5) is 23.9. The molecule has 0 aromatic carbocycles. The van der Waals surface area contributed by atoms with Crippen molar-refractivity contribution in [2.45, 2.75) is 26.9 Å². The molecule has 0 N–H and O–H groups in total. The van der Waals surface area contributed by atoms with Crippen LogP contribution in [-0.2, 0) is 23.4 Å². The highest BCUT2D eigenvalue weighted by atomic mass is 31.2. The lowest BCUT2D eigenvalue weighted by atomic mass is 10.5. The Kier molecular flexibility index (Phi) is 7.71. The SMILES string of the molecule is CCOC(=O)N(CC(=O)OC)CP(C)(=O)OC(C)C. The van der Waals surface area contributed by atoms with Gasteiger partial charge in [-0.15, -0.1) is 0 Å². The van der Waals surface area contributed by atoms with Crippen LogP contribution in [0.15, 0.2) is 0 Å². The van der Waals surface area contributed by atoms with Crippen molar-refractivity contribution >= 4 is 19.4 Å². The average molecular weight is 295 g/mol. The van der Waals surface area contributed by atoms with Gasteiger partial charge >= 0.3 is 12.1 Å². The number of ether oxygens (including phenoxy) is 2. The molecule has 7 nitrogen and oxygen atoms in total. The van der Waals surface area contributed by atoms with Crippen LogP contribution in [0.2, 0.25) is 0 Å². The Balaban J connectivity index is 4.79. The monoisotopic (exact) mass is 295 g/mol. The molecule has 8 heteroatoms. The number of nitrogens with zero attached hydrogens (tertiary/aromatic N) is 1. The van der Waals surface area contributed by atoms with Gasteiger partial charge in [0.2, 0.25) is 7.37 Å². The first-order valence-electron chi connectivity index (χ1n) is 5.95. The van der Waals surface area contributed by atoms with Crippen LogP contribution < -0.4 is 0 Å². The minimum Gasteiger partial charge on any atom is -0.468 e. The Hall–Kier alpha value is -1.07. The second-order valence-corrected chi connectivity index (χ2v) is 6.80. The van der Waals surface area contributed by atoms with Crippen molar-refractivity contribution in [1.82, 2.24) is 4.90 Å². The molecule has 1 unspecified atom stereocenters. The third kappa shape index (κ3) is 7.85. The zero-order chi connectivity index (χ0) is 15.1. The van der Waals surface area contributed by atoms with E-state index in [0.717, 1.165) is 4.90 Å². The third-order valence-electron chi connectivity index (χ3n) is 1.94. The van der Waals surface area contributed by atoms with Crippen LogP contribution in [0.4, 0.5) is 4.79 Å². The summed E-state index contributed by atoms with van der Waals surface area (Å²) in [7, 11) is -1.82. The van der Waals surface area contributed by atoms with E-state index in [1.807, 2.05) is 0 Å². The Morgan fingerprint density at radius 3 is 2.32 bits per heavy atom. The van der Waals surface area contributed by atoms with Gasteiger partial charge in [0, 0.05) is 6.66 Å². The van der Waals surface area contributed by atoms with Gasteiger partial charge in [-0.3, -0.25) is 14.3 Å². The highest BCUT2D eigenvalue weighted by Crippen LogP contribution is 2.44. The average Bonchev–Trinajstić information content (AvgIpc) is 2.26. The highest BCUT2D eigenvalue weighted by Gasteiger charge is 2.28. The fraction of sp³-hybridized carbons (Fsp3) is 0.818. The van der Waals surface area contributed by atoms with E-state index in [4.69, 9.17) is 9.26 Å². The van der Waals surface area contributed by atoms with Crippen LogP contribution in [-0.4, -0.2) is 56.3 Å². The lowest BCUT2D eigenvalue weighted by molar-refractivity contribution is -0.141. The molecule has 0 rings (SSSR count). The molecule has 0 aromatic rings. The molecule has 0 spiro atoms. The number of esters is 1. The first kappa shape index (κ1) is 17.9. The summed E-state index contributed by atoms with van der Waals surface area (Å²) in [5, 5.41) is 0. The Labute approximate surface area is 113 Å². The quantitative estimate of drug-likeness (QED) is 0.527. The summed E-state index contributed by atoms with van der Waals surface area (Å²) >= 11 is 0. The molecule has 112 valence electrons. The van der Waals surface area contributed by atoms with Gasteiger partial charge in [0.15, 0.2) is 0 Å². The van der Waals surface area contributed by atoms with Crippen molar-refractivity contribution in [2.24, 2.45) is 0 Å². The summed E-state index contributed by atoms with van der Waals surface area (Å²) < 4.78 is 26.7. The molecule has 0 aliphatic heterocycles. The molecule has 0 aliphatic rings. The predicted octanol–water partition coefficient (Wildman–Crippen LogP) is 1.91. The van der Waals surface area contributed by atoms with Gasteiger partial charge in [-0.2, -0.15) is 0 Å². The molecular formula is C11H22NO6P. The molecule has 0 aromatic heterocycles. The van der Waals surface area contributed by atoms with Gasteiger partial charge in [0.25, 0.3) is 0 Å². The van der Waals surface area contributed by atoms with E-state index in [2.05, 4.69) is 4.74 Å². The minimum absolute atomic E-state index is 0.162. The number of rotatable bonds is 7. The van der Waals surface area contributed by atoms with E-state index < -0.39 is 19.4 Å².